The third-order valence-electron chi connectivity index (χ3n) is 2.57. The molecule has 0 spiro atoms. The zero-order valence-corrected chi connectivity index (χ0v) is 11.2. The van der Waals surface area contributed by atoms with Gasteiger partial charge >= 0.3 is 0 Å². The zero-order chi connectivity index (χ0) is 14.4. The molecule has 1 aromatic rings. The third kappa shape index (κ3) is 4.43. The van der Waals surface area contributed by atoms with E-state index in [-0.39, 0.29) is 17.7 Å². The number of carbonyl (C=O) groups is 2. The summed E-state index contributed by atoms with van der Waals surface area (Å²) in [5, 5.41) is 14.1. The normalized spacial score (nSPS) is 11.5. The molecule has 1 rings (SSSR count). The van der Waals surface area contributed by atoms with Crippen LogP contribution in [0, 0.1) is 17.2 Å². The molecule has 2 amide bonds. The zero-order valence-electron chi connectivity index (χ0n) is 11.2. The van der Waals surface area contributed by atoms with Gasteiger partial charge in [-0.15, -0.1) is 0 Å². The Balaban J connectivity index is 2.81. The molecule has 2 N–H and O–H groups in total. The summed E-state index contributed by atoms with van der Waals surface area (Å²) >= 11 is 0. The van der Waals surface area contributed by atoms with E-state index in [2.05, 4.69) is 10.6 Å². The molecule has 0 heterocycles. The maximum absolute atomic E-state index is 12.1. The van der Waals surface area contributed by atoms with E-state index in [0.717, 1.165) is 0 Å². The highest BCUT2D eigenvalue weighted by Gasteiger charge is 2.22. The van der Waals surface area contributed by atoms with Gasteiger partial charge in [0.05, 0.1) is 11.6 Å². The molecule has 1 atom stereocenters. The van der Waals surface area contributed by atoms with E-state index in [1.807, 2.05) is 19.9 Å². The maximum atomic E-state index is 12.1. The van der Waals surface area contributed by atoms with Crippen molar-refractivity contribution in [1.29, 1.82) is 5.26 Å². The monoisotopic (exact) mass is 259 g/mol. The topological polar surface area (TPSA) is 82.0 Å². The lowest BCUT2D eigenvalue weighted by atomic mass is 10.0. The molecule has 5 nitrogen and oxygen atoms in total. The molecule has 0 aliphatic heterocycles. The highest BCUT2D eigenvalue weighted by Crippen LogP contribution is 2.12. The van der Waals surface area contributed by atoms with E-state index < -0.39 is 6.04 Å². The van der Waals surface area contributed by atoms with E-state index in [1.165, 1.54) is 6.92 Å². The van der Waals surface area contributed by atoms with Crippen molar-refractivity contribution >= 4 is 17.5 Å². The molecule has 0 aromatic heterocycles. The first kappa shape index (κ1) is 14.7. The lowest BCUT2D eigenvalue weighted by Crippen LogP contribution is -2.46. The van der Waals surface area contributed by atoms with Gasteiger partial charge in [-0.05, 0) is 24.1 Å². The number of amides is 2. The number of hydrogen-bond donors (Lipinski definition) is 2. The molecule has 0 saturated heterocycles. The Labute approximate surface area is 112 Å². The summed E-state index contributed by atoms with van der Waals surface area (Å²) in [5.41, 5.74) is 1.01. The van der Waals surface area contributed by atoms with Crippen LogP contribution in [0.1, 0.15) is 26.3 Å². The Morgan fingerprint density at radius 1 is 1.32 bits per heavy atom. The summed E-state index contributed by atoms with van der Waals surface area (Å²) in [4.78, 5) is 23.2. The molecular formula is C14H17N3O2. The average molecular weight is 259 g/mol. The minimum atomic E-state index is -0.594. The number of rotatable bonds is 4. The van der Waals surface area contributed by atoms with Crippen LogP contribution < -0.4 is 10.6 Å². The Kier molecular flexibility index (Phi) is 5.07. The van der Waals surface area contributed by atoms with Gasteiger partial charge in [0.1, 0.15) is 6.04 Å². The van der Waals surface area contributed by atoms with Crippen LogP contribution in [0.5, 0.6) is 0 Å². The fourth-order valence-electron chi connectivity index (χ4n) is 1.64. The fraction of sp³-hybridized carbons (Fsp3) is 0.357. The predicted octanol–water partition coefficient (Wildman–Crippen LogP) is 1.66. The van der Waals surface area contributed by atoms with Crippen LogP contribution in [-0.2, 0) is 9.59 Å². The SMILES string of the molecule is CC(=O)N[C@H](C(=O)Nc1cccc(C#N)c1)C(C)C. The van der Waals surface area contributed by atoms with Crippen molar-refractivity contribution in [2.24, 2.45) is 5.92 Å². The third-order valence-corrected chi connectivity index (χ3v) is 2.57. The van der Waals surface area contributed by atoms with Crippen molar-refractivity contribution in [3.63, 3.8) is 0 Å². The van der Waals surface area contributed by atoms with Crippen LogP contribution in [0.4, 0.5) is 5.69 Å². The molecule has 100 valence electrons. The van der Waals surface area contributed by atoms with Gasteiger partial charge < -0.3 is 10.6 Å². The Bertz CT molecular complexity index is 518. The van der Waals surface area contributed by atoms with Crippen molar-refractivity contribution in [2.75, 3.05) is 5.32 Å². The molecule has 0 unspecified atom stereocenters. The highest BCUT2D eigenvalue weighted by molar-refractivity contribution is 5.97. The van der Waals surface area contributed by atoms with Crippen LogP contribution in [0.3, 0.4) is 0 Å². The van der Waals surface area contributed by atoms with Crippen molar-refractivity contribution < 1.29 is 9.59 Å². The predicted molar refractivity (Wildman–Crippen MR) is 72.2 cm³/mol. The number of nitrogens with one attached hydrogen (secondary N) is 2. The van der Waals surface area contributed by atoms with Gasteiger partial charge in [0.25, 0.3) is 0 Å². The second-order valence-corrected chi connectivity index (χ2v) is 4.60. The van der Waals surface area contributed by atoms with Crippen molar-refractivity contribution in [2.45, 2.75) is 26.8 Å². The quantitative estimate of drug-likeness (QED) is 0.862. The second-order valence-electron chi connectivity index (χ2n) is 4.60. The van der Waals surface area contributed by atoms with Crippen LogP contribution in [0.2, 0.25) is 0 Å². The van der Waals surface area contributed by atoms with E-state index in [9.17, 15) is 9.59 Å². The number of hydrogen-bond acceptors (Lipinski definition) is 3. The van der Waals surface area contributed by atoms with Gasteiger partial charge in [-0.3, -0.25) is 9.59 Å². The average Bonchev–Trinajstić information content (AvgIpc) is 2.35. The van der Waals surface area contributed by atoms with Gasteiger partial charge in [-0.1, -0.05) is 19.9 Å². The first-order chi connectivity index (χ1) is 8.93. The Morgan fingerprint density at radius 2 is 2.00 bits per heavy atom. The molecule has 0 saturated carbocycles. The number of carbonyl (C=O) groups excluding carboxylic acids is 2. The van der Waals surface area contributed by atoms with Crippen molar-refractivity contribution in [3.05, 3.63) is 29.8 Å². The van der Waals surface area contributed by atoms with Gasteiger partial charge in [0.2, 0.25) is 11.8 Å². The smallest absolute Gasteiger partial charge is 0.247 e. The van der Waals surface area contributed by atoms with Crippen LogP contribution in [-0.4, -0.2) is 17.9 Å². The highest BCUT2D eigenvalue weighted by atomic mass is 16.2. The van der Waals surface area contributed by atoms with Crippen LogP contribution in [0.15, 0.2) is 24.3 Å². The summed E-state index contributed by atoms with van der Waals surface area (Å²) in [7, 11) is 0. The number of nitriles is 1. The largest absolute Gasteiger partial charge is 0.344 e. The maximum Gasteiger partial charge on any atom is 0.247 e. The number of anilines is 1. The minimum Gasteiger partial charge on any atom is -0.344 e. The first-order valence-electron chi connectivity index (χ1n) is 6.02. The number of nitrogens with zero attached hydrogens (tertiary/aromatic N) is 1. The van der Waals surface area contributed by atoms with Gasteiger partial charge in [0.15, 0.2) is 0 Å². The van der Waals surface area contributed by atoms with Gasteiger partial charge in [-0.25, -0.2) is 0 Å². The first-order valence-corrected chi connectivity index (χ1v) is 6.02. The standard InChI is InChI=1S/C14H17N3O2/c1-9(2)13(16-10(3)18)14(19)17-12-6-4-5-11(7-12)8-15/h4-7,9,13H,1-3H3,(H,16,18)(H,17,19)/t13-/m0/s1. The summed E-state index contributed by atoms with van der Waals surface area (Å²) in [6, 6.07) is 8.04. The molecule has 1 aromatic carbocycles. The summed E-state index contributed by atoms with van der Waals surface area (Å²) in [6.45, 7) is 5.08. The molecule has 0 bridgehead atoms. The van der Waals surface area contributed by atoms with E-state index in [4.69, 9.17) is 5.26 Å². The number of benzene rings is 1. The van der Waals surface area contributed by atoms with E-state index in [0.29, 0.717) is 11.3 Å². The van der Waals surface area contributed by atoms with E-state index in [1.54, 1.807) is 24.3 Å². The molecular weight excluding hydrogens is 242 g/mol. The van der Waals surface area contributed by atoms with E-state index >= 15 is 0 Å². The Hall–Kier alpha value is -2.35. The van der Waals surface area contributed by atoms with Gasteiger partial charge in [-0.2, -0.15) is 5.26 Å². The molecule has 0 aliphatic rings. The molecule has 5 heteroatoms. The molecule has 0 fully saturated rings. The summed E-state index contributed by atoms with van der Waals surface area (Å²) in [5.74, 6) is -0.567. The molecule has 0 aliphatic carbocycles. The second kappa shape index (κ2) is 6.55. The Morgan fingerprint density at radius 3 is 2.53 bits per heavy atom. The van der Waals surface area contributed by atoms with Gasteiger partial charge in [0, 0.05) is 12.6 Å². The fourth-order valence-corrected chi connectivity index (χ4v) is 1.64. The molecule has 19 heavy (non-hydrogen) atoms. The lowest BCUT2D eigenvalue weighted by molar-refractivity contribution is -0.126. The summed E-state index contributed by atoms with van der Waals surface area (Å²) < 4.78 is 0. The lowest BCUT2D eigenvalue weighted by Gasteiger charge is -2.20. The van der Waals surface area contributed by atoms with Crippen molar-refractivity contribution in [1.82, 2.24) is 5.32 Å². The summed E-state index contributed by atoms with van der Waals surface area (Å²) in [6.07, 6.45) is 0. The van der Waals surface area contributed by atoms with Crippen LogP contribution >= 0.6 is 0 Å². The van der Waals surface area contributed by atoms with Crippen molar-refractivity contribution in [3.8, 4) is 6.07 Å². The van der Waals surface area contributed by atoms with Crippen LogP contribution in [0.25, 0.3) is 0 Å². The minimum absolute atomic E-state index is 0.0250. The molecule has 0 radical (unpaired) electrons.